The molecule has 1 atom stereocenters. The van der Waals surface area contributed by atoms with Crippen molar-refractivity contribution in [3.63, 3.8) is 0 Å². The van der Waals surface area contributed by atoms with Crippen molar-refractivity contribution in [2.75, 3.05) is 5.32 Å². The van der Waals surface area contributed by atoms with Crippen molar-refractivity contribution in [1.82, 2.24) is 4.98 Å². The number of nitrogens with two attached hydrogens (primary N) is 1. The van der Waals surface area contributed by atoms with E-state index < -0.39 is 6.04 Å². The lowest BCUT2D eigenvalue weighted by atomic mass is 10.1. The van der Waals surface area contributed by atoms with Gasteiger partial charge in [-0.25, -0.2) is 4.98 Å². The average molecular weight is 207 g/mol. The lowest BCUT2D eigenvalue weighted by molar-refractivity contribution is -0.117. The molecule has 0 bridgehead atoms. The monoisotopic (exact) mass is 207 g/mol. The molecule has 0 aliphatic rings. The van der Waals surface area contributed by atoms with Crippen molar-refractivity contribution in [3.8, 4) is 0 Å². The molecule has 1 rings (SSSR count). The van der Waals surface area contributed by atoms with E-state index in [9.17, 15) is 4.79 Å². The number of rotatable bonds is 4. The molecule has 0 spiro atoms. The second-order valence-electron chi connectivity index (χ2n) is 3.60. The van der Waals surface area contributed by atoms with Gasteiger partial charge in [0.1, 0.15) is 5.82 Å². The van der Waals surface area contributed by atoms with Crippen LogP contribution >= 0.6 is 0 Å². The summed E-state index contributed by atoms with van der Waals surface area (Å²) in [6, 6.07) is 3.25. The molecule has 0 saturated heterocycles. The van der Waals surface area contributed by atoms with Crippen LogP contribution in [0.1, 0.15) is 25.3 Å². The number of hydrogen-bond acceptors (Lipinski definition) is 3. The van der Waals surface area contributed by atoms with Crippen molar-refractivity contribution < 1.29 is 4.79 Å². The maximum Gasteiger partial charge on any atom is 0.242 e. The fourth-order valence-electron chi connectivity index (χ4n) is 1.27. The highest BCUT2D eigenvalue weighted by atomic mass is 16.2. The number of anilines is 1. The van der Waals surface area contributed by atoms with E-state index in [1.807, 2.05) is 26.0 Å². The highest BCUT2D eigenvalue weighted by molar-refractivity contribution is 5.93. The van der Waals surface area contributed by atoms with Crippen LogP contribution < -0.4 is 11.1 Å². The van der Waals surface area contributed by atoms with E-state index in [1.54, 1.807) is 6.20 Å². The van der Waals surface area contributed by atoms with Gasteiger partial charge < -0.3 is 11.1 Å². The lowest BCUT2D eigenvalue weighted by Gasteiger charge is -2.10. The van der Waals surface area contributed by atoms with Crippen LogP contribution in [0.2, 0.25) is 0 Å². The van der Waals surface area contributed by atoms with Crippen LogP contribution in [0.4, 0.5) is 5.82 Å². The van der Waals surface area contributed by atoms with Gasteiger partial charge in [0.25, 0.3) is 0 Å². The molecular weight excluding hydrogens is 190 g/mol. The summed E-state index contributed by atoms with van der Waals surface area (Å²) in [4.78, 5) is 15.6. The van der Waals surface area contributed by atoms with Crippen LogP contribution in [0.25, 0.3) is 0 Å². The number of aryl methyl sites for hydroxylation is 1. The molecule has 82 valence electrons. The number of amides is 1. The van der Waals surface area contributed by atoms with E-state index in [0.717, 1.165) is 12.0 Å². The molecule has 0 aromatic carbocycles. The fourth-order valence-corrected chi connectivity index (χ4v) is 1.27. The van der Waals surface area contributed by atoms with E-state index in [1.165, 1.54) is 0 Å². The first kappa shape index (κ1) is 11.7. The molecule has 0 aliphatic carbocycles. The van der Waals surface area contributed by atoms with Crippen LogP contribution in [-0.2, 0) is 4.79 Å². The first-order chi connectivity index (χ1) is 7.13. The Morgan fingerprint density at radius 2 is 2.40 bits per heavy atom. The molecular formula is C11H17N3O. The van der Waals surface area contributed by atoms with Gasteiger partial charge in [-0.2, -0.15) is 0 Å². The third kappa shape index (κ3) is 3.67. The van der Waals surface area contributed by atoms with Crippen molar-refractivity contribution >= 4 is 11.7 Å². The Hall–Kier alpha value is -1.42. The molecule has 0 unspecified atom stereocenters. The zero-order valence-corrected chi connectivity index (χ0v) is 9.16. The van der Waals surface area contributed by atoms with Gasteiger partial charge in [0.05, 0.1) is 6.04 Å². The minimum atomic E-state index is -0.447. The lowest BCUT2D eigenvalue weighted by Crippen LogP contribution is -2.35. The minimum Gasteiger partial charge on any atom is -0.320 e. The third-order valence-corrected chi connectivity index (χ3v) is 2.10. The average Bonchev–Trinajstić information content (AvgIpc) is 2.18. The van der Waals surface area contributed by atoms with Gasteiger partial charge in [0.2, 0.25) is 5.91 Å². The Kier molecular flexibility index (Phi) is 4.24. The Morgan fingerprint density at radius 3 is 3.00 bits per heavy atom. The molecule has 0 saturated carbocycles. The molecule has 0 radical (unpaired) electrons. The fraction of sp³-hybridized carbons (Fsp3) is 0.455. The summed E-state index contributed by atoms with van der Waals surface area (Å²) in [5.74, 6) is 0.390. The van der Waals surface area contributed by atoms with E-state index in [4.69, 9.17) is 5.73 Å². The van der Waals surface area contributed by atoms with Gasteiger partial charge in [-0.3, -0.25) is 4.79 Å². The summed E-state index contributed by atoms with van der Waals surface area (Å²) < 4.78 is 0. The number of carbonyl (C=O) groups excluding carboxylic acids is 1. The van der Waals surface area contributed by atoms with Crippen molar-refractivity contribution in [1.29, 1.82) is 0 Å². The standard InChI is InChI=1S/C11H17N3O/c1-3-4-9(12)11(15)14-10-7-8(2)5-6-13-10/h5-7,9H,3-4,12H2,1-2H3,(H,13,14,15)/t9-/m1/s1. The molecule has 4 heteroatoms. The number of carbonyl (C=O) groups is 1. The predicted octanol–water partition coefficient (Wildman–Crippen LogP) is 1.46. The van der Waals surface area contributed by atoms with Crippen molar-refractivity contribution in [2.24, 2.45) is 5.73 Å². The summed E-state index contributed by atoms with van der Waals surface area (Å²) in [5.41, 5.74) is 6.73. The Bertz CT molecular complexity index is 338. The first-order valence-electron chi connectivity index (χ1n) is 5.12. The smallest absolute Gasteiger partial charge is 0.242 e. The summed E-state index contributed by atoms with van der Waals surface area (Å²) in [5, 5.41) is 2.69. The topological polar surface area (TPSA) is 68.0 Å². The van der Waals surface area contributed by atoms with Gasteiger partial charge in [-0.15, -0.1) is 0 Å². The largest absolute Gasteiger partial charge is 0.320 e. The number of pyridine rings is 1. The van der Waals surface area contributed by atoms with Crippen molar-refractivity contribution in [2.45, 2.75) is 32.7 Å². The predicted molar refractivity (Wildman–Crippen MR) is 60.5 cm³/mol. The second kappa shape index (κ2) is 5.46. The number of aromatic nitrogens is 1. The van der Waals surface area contributed by atoms with Crippen LogP contribution in [-0.4, -0.2) is 16.9 Å². The molecule has 1 aromatic heterocycles. The highest BCUT2D eigenvalue weighted by Crippen LogP contribution is 2.06. The SMILES string of the molecule is CCC[C@@H](N)C(=O)Nc1cc(C)ccn1. The molecule has 0 fully saturated rings. The number of nitrogens with zero attached hydrogens (tertiary/aromatic N) is 1. The van der Waals surface area contributed by atoms with Crippen LogP contribution in [0, 0.1) is 6.92 Å². The summed E-state index contributed by atoms with van der Waals surface area (Å²) in [6.45, 7) is 3.95. The summed E-state index contributed by atoms with van der Waals surface area (Å²) in [7, 11) is 0. The van der Waals surface area contributed by atoms with Gasteiger partial charge in [0.15, 0.2) is 0 Å². The first-order valence-corrected chi connectivity index (χ1v) is 5.12. The maximum atomic E-state index is 11.5. The van der Waals surface area contributed by atoms with E-state index in [0.29, 0.717) is 12.2 Å². The van der Waals surface area contributed by atoms with Crippen LogP contribution in [0.3, 0.4) is 0 Å². The zero-order valence-electron chi connectivity index (χ0n) is 9.16. The Labute approximate surface area is 89.9 Å². The van der Waals surface area contributed by atoms with E-state index >= 15 is 0 Å². The molecule has 1 heterocycles. The van der Waals surface area contributed by atoms with Crippen LogP contribution in [0.5, 0.6) is 0 Å². The number of nitrogens with one attached hydrogen (secondary N) is 1. The summed E-state index contributed by atoms with van der Waals surface area (Å²) in [6.07, 6.45) is 3.25. The third-order valence-electron chi connectivity index (χ3n) is 2.10. The molecule has 1 aromatic rings. The number of hydrogen-bond donors (Lipinski definition) is 2. The molecule has 3 N–H and O–H groups in total. The molecule has 4 nitrogen and oxygen atoms in total. The van der Waals surface area contributed by atoms with Gasteiger partial charge >= 0.3 is 0 Å². The van der Waals surface area contributed by atoms with Gasteiger partial charge in [-0.1, -0.05) is 13.3 Å². The quantitative estimate of drug-likeness (QED) is 0.785. The van der Waals surface area contributed by atoms with Gasteiger partial charge in [0, 0.05) is 6.20 Å². The molecule has 15 heavy (non-hydrogen) atoms. The normalized spacial score (nSPS) is 12.2. The minimum absolute atomic E-state index is 0.171. The van der Waals surface area contributed by atoms with E-state index in [-0.39, 0.29) is 5.91 Å². The Morgan fingerprint density at radius 1 is 1.67 bits per heavy atom. The maximum absolute atomic E-state index is 11.5. The van der Waals surface area contributed by atoms with Crippen molar-refractivity contribution in [3.05, 3.63) is 23.9 Å². The second-order valence-corrected chi connectivity index (χ2v) is 3.60. The zero-order chi connectivity index (χ0) is 11.3. The molecule has 0 aliphatic heterocycles. The van der Waals surface area contributed by atoms with E-state index in [2.05, 4.69) is 10.3 Å². The Balaban J connectivity index is 2.58. The molecule has 1 amide bonds. The van der Waals surface area contributed by atoms with Gasteiger partial charge in [-0.05, 0) is 31.0 Å². The highest BCUT2D eigenvalue weighted by Gasteiger charge is 2.12. The van der Waals surface area contributed by atoms with Crippen LogP contribution in [0.15, 0.2) is 18.3 Å². The summed E-state index contributed by atoms with van der Waals surface area (Å²) >= 11 is 0.